The summed E-state index contributed by atoms with van der Waals surface area (Å²) >= 11 is 3.39. The lowest BCUT2D eigenvalue weighted by atomic mass is 10.0. The number of hydrogen-bond acceptors (Lipinski definition) is 2. The van der Waals surface area contributed by atoms with Crippen molar-refractivity contribution in [1.29, 1.82) is 0 Å². The Morgan fingerprint density at radius 2 is 1.91 bits per heavy atom. The molecule has 116 valence electrons. The molecule has 2 aromatic carbocycles. The van der Waals surface area contributed by atoms with Crippen molar-refractivity contribution in [1.82, 2.24) is 5.32 Å². The summed E-state index contributed by atoms with van der Waals surface area (Å²) in [6, 6.07) is 13.6. The van der Waals surface area contributed by atoms with Gasteiger partial charge in [-0.1, -0.05) is 45.8 Å². The van der Waals surface area contributed by atoms with E-state index in [2.05, 4.69) is 21.2 Å². The van der Waals surface area contributed by atoms with Crippen molar-refractivity contribution < 1.29 is 9.53 Å². The summed E-state index contributed by atoms with van der Waals surface area (Å²) in [4.78, 5) is 12.2. The van der Waals surface area contributed by atoms with Gasteiger partial charge in [0.15, 0.2) is 0 Å². The van der Waals surface area contributed by atoms with Gasteiger partial charge in [0.25, 0.3) is 0 Å². The second-order valence-corrected chi connectivity index (χ2v) is 6.25. The molecule has 0 saturated carbocycles. The van der Waals surface area contributed by atoms with E-state index >= 15 is 0 Å². The van der Waals surface area contributed by atoms with E-state index in [0.717, 1.165) is 26.9 Å². The topological polar surface area (TPSA) is 38.3 Å². The number of benzene rings is 2. The summed E-state index contributed by atoms with van der Waals surface area (Å²) in [5.41, 5.74) is 3.13. The first-order chi connectivity index (χ1) is 10.5. The molecule has 2 aromatic rings. The maximum Gasteiger partial charge on any atom is 0.224 e. The van der Waals surface area contributed by atoms with E-state index in [1.165, 1.54) is 0 Å². The fraction of sp³-hybridized carbons (Fsp3) is 0.278. The number of aryl methyl sites for hydroxylation is 1. The van der Waals surface area contributed by atoms with Crippen LogP contribution in [0.5, 0.6) is 5.75 Å². The van der Waals surface area contributed by atoms with Crippen LogP contribution in [-0.4, -0.2) is 13.0 Å². The average Bonchev–Trinajstić information content (AvgIpc) is 2.49. The van der Waals surface area contributed by atoms with Gasteiger partial charge in [-0.3, -0.25) is 4.79 Å². The Morgan fingerprint density at radius 3 is 2.55 bits per heavy atom. The zero-order chi connectivity index (χ0) is 16.1. The van der Waals surface area contributed by atoms with Crippen molar-refractivity contribution in [3.8, 4) is 5.75 Å². The largest absolute Gasteiger partial charge is 0.496 e. The van der Waals surface area contributed by atoms with Gasteiger partial charge in [-0.2, -0.15) is 0 Å². The number of nitrogens with one attached hydrogen (secondary N) is 1. The lowest BCUT2D eigenvalue weighted by Gasteiger charge is -2.18. The van der Waals surface area contributed by atoms with Crippen LogP contribution in [0.1, 0.15) is 29.7 Å². The van der Waals surface area contributed by atoms with Crippen molar-refractivity contribution >= 4 is 21.8 Å². The standard InChI is InChI=1S/C18H20BrNO2/c1-12-4-9-17(22-3)16(10-12)13(2)20-18(21)11-14-5-7-15(19)8-6-14/h4-10,13H,11H2,1-3H3,(H,20,21)/t13-/m0/s1. The number of ether oxygens (including phenoxy) is 1. The summed E-state index contributed by atoms with van der Waals surface area (Å²) in [6.07, 6.45) is 0.367. The average molecular weight is 362 g/mol. The molecule has 0 saturated heterocycles. The van der Waals surface area contributed by atoms with Crippen molar-refractivity contribution in [2.45, 2.75) is 26.3 Å². The third kappa shape index (κ3) is 4.34. The molecule has 1 amide bonds. The highest BCUT2D eigenvalue weighted by Crippen LogP contribution is 2.26. The van der Waals surface area contributed by atoms with Crippen LogP contribution in [0.15, 0.2) is 46.9 Å². The van der Waals surface area contributed by atoms with E-state index in [9.17, 15) is 4.79 Å². The number of halogens is 1. The molecule has 22 heavy (non-hydrogen) atoms. The molecule has 0 aromatic heterocycles. The molecule has 0 unspecified atom stereocenters. The van der Waals surface area contributed by atoms with Gasteiger partial charge in [-0.15, -0.1) is 0 Å². The minimum atomic E-state index is -0.0993. The Kier molecular flexibility index (Phi) is 5.61. The molecular formula is C18H20BrNO2. The Bertz CT molecular complexity index is 653. The molecule has 0 spiro atoms. The third-order valence-corrected chi connectivity index (χ3v) is 4.04. The number of carbonyl (C=O) groups excluding carboxylic acids is 1. The van der Waals surface area contributed by atoms with E-state index in [1.807, 2.05) is 56.3 Å². The molecule has 0 aliphatic rings. The Morgan fingerprint density at radius 1 is 1.23 bits per heavy atom. The van der Waals surface area contributed by atoms with E-state index in [1.54, 1.807) is 7.11 Å². The SMILES string of the molecule is COc1ccc(C)cc1[C@H](C)NC(=O)Cc1ccc(Br)cc1. The number of carbonyl (C=O) groups is 1. The zero-order valence-corrected chi connectivity index (χ0v) is 14.6. The molecule has 0 bridgehead atoms. The highest BCUT2D eigenvalue weighted by atomic mass is 79.9. The van der Waals surface area contributed by atoms with Gasteiger partial charge in [0.2, 0.25) is 5.91 Å². The van der Waals surface area contributed by atoms with Gasteiger partial charge in [-0.05, 0) is 37.6 Å². The fourth-order valence-electron chi connectivity index (χ4n) is 2.35. The van der Waals surface area contributed by atoms with Gasteiger partial charge >= 0.3 is 0 Å². The van der Waals surface area contributed by atoms with Crippen molar-refractivity contribution in [2.75, 3.05) is 7.11 Å². The van der Waals surface area contributed by atoms with Gasteiger partial charge in [0.1, 0.15) is 5.75 Å². The Labute approximate surface area is 139 Å². The quantitative estimate of drug-likeness (QED) is 0.866. The normalized spacial score (nSPS) is 11.8. The second kappa shape index (κ2) is 7.45. The van der Waals surface area contributed by atoms with Crippen LogP contribution >= 0.6 is 15.9 Å². The maximum absolute atomic E-state index is 12.2. The zero-order valence-electron chi connectivity index (χ0n) is 13.0. The summed E-state index contributed by atoms with van der Waals surface area (Å²) in [7, 11) is 1.64. The van der Waals surface area contributed by atoms with Crippen molar-refractivity contribution in [3.63, 3.8) is 0 Å². The van der Waals surface area contributed by atoms with E-state index in [-0.39, 0.29) is 11.9 Å². The minimum absolute atomic E-state index is 0.00150. The molecular weight excluding hydrogens is 342 g/mol. The number of rotatable bonds is 5. The summed E-state index contributed by atoms with van der Waals surface area (Å²) in [5, 5.41) is 3.03. The van der Waals surface area contributed by atoms with E-state index < -0.39 is 0 Å². The summed E-state index contributed by atoms with van der Waals surface area (Å²) in [6.45, 7) is 4.00. The van der Waals surface area contributed by atoms with Gasteiger partial charge < -0.3 is 10.1 Å². The molecule has 0 radical (unpaired) electrons. The van der Waals surface area contributed by atoms with Crippen LogP contribution in [0.25, 0.3) is 0 Å². The number of amides is 1. The smallest absolute Gasteiger partial charge is 0.224 e. The molecule has 0 aliphatic heterocycles. The van der Waals surface area contributed by atoms with E-state index in [0.29, 0.717) is 6.42 Å². The highest BCUT2D eigenvalue weighted by molar-refractivity contribution is 9.10. The van der Waals surface area contributed by atoms with Crippen LogP contribution in [-0.2, 0) is 11.2 Å². The van der Waals surface area contributed by atoms with E-state index in [4.69, 9.17) is 4.74 Å². The van der Waals surface area contributed by atoms with Gasteiger partial charge in [0.05, 0.1) is 19.6 Å². The predicted molar refractivity (Wildman–Crippen MR) is 92.1 cm³/mol. The molecule has 0 fully saturated rings. The first kappa shape index (κ1) is 16.6. The van der Waals surface area contributed by atoms with Crippen LogP contribution in [0.3, 0.4) is 0 Å². The van der Waals surface area contributed by atoms with Gasteiger partial charge in [-0.25, -0.2) is 0 Å². The molecule has 1 atom stereocenters. The van der Waals surface area contributed by atoms with Gasteiger partial charge in [0, 0.05) is 10.0 Å². The number of methoxy groups -OCH3 is 1. The third-order valence-electron chi connectivity index (χ3n) is 3.51. The highest BCUT2D eigenvalue weighted by Gasteiger charge is 2.14. The summed E-state index contributed by atoms with van der Waals surface area (Å²) < 4.78 is 6.39. The van der Waals surface area contributed by atoms with Crippen LogP contribution < -0.4 is 10.1 Å². The monoisotopic (exact) mass is 361 g/mol. The first-order valence-corrected chi connectivity index (χ1v) is 7.97. The first-order valence-electron chi connectivity index (χ1n) is 7.18. The molecule has 3 nitrogen and oxygen atoms in total. The molecule has 4 heteroatoms. The fourth-order valence-corrected chi connectivity index (χ4v) is 2.61. The van der Waals surface area contributed by atoms with Crippen LogP contribution in [0, 0.1) is 6.92 Å². The Balaban J connectivity index is 2.05. The lowest BCUT2D eigenvalue weighted by Crippen LogP contribution is -2.28. The lowest BCUT2D eigenvalue weighted by molar-refractivity contribution is -0.121. The van der Waals surface area contributed by atoms with Crippen LogP contribution in [0.2, 0.25) is 0 Å². The molecule has 2 rings (SSSR count). The van der Waals surface area contributed by atoms with Crippen LogP contribution in [0.4, 0.5) is 0 Å². The molecule has 1 N–H and O–H groups in total. The van der Waals surface area contributed by atoms with Crippen molar-refractivity contribution in [3.05, 3.63) is 63.6 Å². The maximum atomic E-state index is 12.2. The van der Waals surface area contributed by atoms with Crippen molar-refractivity contribution in [2.24, 2.45) is 0 Å². The molecule has 0 heterocycles. The minimum Gasteiger partial charge on any atom is -0.496 e. The predicted octanol–water partition coefficient (Wildman–Crippen LogP) is 4.19. The molecule has 0 aliphatic carbocycles. The number of hydrogen-bond donors (Lipinski definition) is 1. The second-order valence-electron chi connectivity index (χ2n) is 5.34. The Hall–Kier alpha value is -1.81. The summed E-state index contributed by atoms with van der Waals surface area (Å²) in [5.74, 6) is 0.792.